The number of hydrogen-bond acceptors (Lipinski definition) is 7. The molecular formula is C31H28ClF3N4O3S. The molecule has 3 aromatic carbocycles. The van der Waals surface area contributed by atoms with Crippen LogP contribution in [0.15, 0.2) is 83.8 Å². The van der Waals surface area contributed by atoms with Crippen molar-refractivity contribution >= 4 is 45.9 Å². The van der Waals surface area contributed by atoms with Gasteiger partial charge in [0.05, 0.1) is 30.5 Å². The second-order valence-electron chi connectivity index (χ2n) is 9.17. The van der Waals surface area contributed by atoms with E-state index in [2.05, 4.69) is 27.4 Å². The van der Waals surface area contributed by atoms with Crippen molar-refractivity contribution in [2.45, 2.75) is 32.5 Å². The molecule has 0 unspecified atom stereocenters. The van der Waals surface area contributed by atoms with E-state index in [-0.39, 0.29) is 12.1 Å². The van der Waals surface area contributed by atoms with Gasteiger partial charge in [-0.1, -0.05) is 35.9 Å². The fraction of sp³-hybridized carbons (Fsp3) is 0.194. The Balaban J connectivity index is 1.39. The van der Waals surface area contributed by atoms with E-state index in [1.54, 1.807) is 29.7 Å². The monoisotopic (exact) mass is 628 g/mol. The quantitative estimate of drug-likeness (QED) is 0.0891. The highest BCUT2D eigenvalue weighted by Gasteiger charge is 2.30. The number of allylic oxidation sites excluding steroid dienone is 1. The van der Waals surface area contributed by atoms with Crippen LogP contribution in [0.3, 0.4) is 0 Å². The molecule has 0 aliphatic heterocycles. The van der Waals surface area contributed by atoms with E-state index in [0.717, 1.165) is 23.3 Å². The van der Waals surface area contributed by atoms with Crippen LogP contribution in [-0.4, -0.2) is 23.7 Å². The van der Waals surface area contributed by atoms with Crippen LogP contribution in [0, 0.1) is 0 Å². The van der Waals surface area contributed by atoms with Gasteiger partial charge < -0.3 is 14.8 Å². The molecule has 224 valence electrons. The Bertz CT molecular complexity index is 1590. The summed E-state index contributed by atoms with van der Waals surface area (Å²) in [5.74, 6) is 0.717. The topological polar surface area (TPSA) is 84.8 Å². The molecule has 0 bridgehead atoms. The smallest absolute Gasteiger partial charge is 0.416 e. The van der Waals surface area contributed by atoms with Crippen molar-refractivity contribution in [3.8, 4) is 11.5 Å². The molecule has 0 aliphatic carbocycles. The van der Waals surface area contributed by atoms with Crippen LogP contribution in [0.4, 0.5) is 24.0 Å². The van der Waals surface area contributed by atoms with Gasteiger partial charge in [-0.2, -0.15) is 18.3 Å². The normalized spacial score (nSPS) is 11.4. The molecule has 4 aromatic rings. The minimum absolute atomic E-state index is 0.0680. The van der Waals surface area contributed by atoms with E-state index in [4.69, 9.17) is 21.1 Å². The zero-order valence-electron chi connectivity index (χ0n) is 23.1. The zero-order chi connectivity index (χ0) is 30.8. The molecule has 0 atom stereocenters. The number of thiazole rings is 1. The first-order chi connectivity index (χ1) is 20.6. The highest BCUT2D eigenvalue weighted by atomic mass is 35.5. The number of rotatable bonds is 13. The third-order valence-electron chi connectivity index (χ3n) is 5.85. The lowest BCUT2D eigenvalue weighted by atomic mass is 10.1. The first-order valence-corrected chi connectivity index (χ1v) is 14.4. The van der Waals surface area contributed by atoms with Gasteiger partial charge in [0.25, 0.3) is 0 Å². The van der Waals surface area contributed by atoms with Crippen molar-refractivity contribution in [1.82, 2.24) is 10.4 Å². The van der Waals surface area contributed by atoms with E-state index in [9.17, 15) is 18.0 Å². The van der Waals surface area contributed by atoms with Gasteiger partial charge in [0, 0.05) is 21.7 Å². The van der Waals surface area contributed by atoms with Gasteiger partial charge in [-0.25, -0.2) is 10.4 Å². The van der Waals surface area contributed by atoms with Crippen LogP contribution in [0.25, 0.3) is 0 Å². The minimum atomic E-state index is -4.45. The number of nitrogens with one attached hydrogen (secondary N) is 2. The molecule has 12 heteroatoms. The minimum Gasteiger partial charge on any atom is -0.490 e. The van der Waals surface area contributed by atoms with Crippen molar-refractivity contribution in [2.75, 3.05) is 11.9 Å². The SMILES string of the molecule is C=CCc1cc(/C=N\NC(=O)Cc2csc(Nc3cccc(C(F)(F)F)c3)n2)cc(OCC)c1OCc1ccc(Cl)cc1. The first-order valence-electron chi connectivity index (χ1n) is 13.1. The summed E-state index contributed by atoms with van der Waals surface area (Å²) in [6.07, 6.45) is -0.743. The molecule has 7 nitrogen and oxygen atoms in total. The Hall–Kier alpha value is -4.35. The number of ether oxygens (including phenoxy) is 2. The first kappa shape index (κ1) is 31.6. The predicted octanol–water partition coefficient (Wildman–Crippen LogP) is 7.96. The van der Waals surface area contributed by atoms with E-state index in [1.807, 2.05) is 25.1 Å². The van der Waals surface area contributed by atoms with Gasteiger partial charge in [0.15, 0.2) is 16.6 Å². The molecule has 0 spiro atoms. The maximum atomic E-state index is 13.0. The number of hydrogen-bond donors (Lipinski definition) is 2. The number of carbonyl (C=O) groups is 1. The average molecular weight is 629 g/mol. The van der Waals surface area contributed by atoms with Crippen LogP contribution >= 0.6 is 22.9 Å². The lowest BCUT2D eigenvalue weighted by molar-refractivity contribution is -0.137. The van der Waals surface area contributed by atoms with Gasteiger partial charge in [-0.05, 0) is 66.9 Å². The van der Waals surface area contributed by atoms with Gasteiger partial charge >= 0.3 is 6.18 Å². The summed E-state index contributed by atoms with van der Waals surface area (Å²) in [7, 11) is 0. The molecule has 1 amide bonds. The number of halogens is 4. The molecule has 0 fully saturated rings. The van der Waals surface area contributed by atoms with Gasteiger partial charge in [-0.3, -0.25) is 4.79 Å². The van der Waals surface area contributed by atoms with Crippen LogP contribution < -0.4 is 20.2 Å². The van der Waals surface area contributed by atoms with Crippen LogP contribution in [0.5, 0.6) is 11.5 Å². The Labute approximate surface area is 256 Å². The summed E-state index contributed by atoms with van der Waals surface area (Å²) in [5, 5.41) is 9.57. The lowest BCUT2D eigenvalue weighted by Gasteiger charge is -2.17. The van der Waals surface area contributed by atoms with Crippen molar-refractivity contribution in [3.05, 3.63) is 112 Å². The highest BCUT2D eigenvalue weighted by Crippen LogP contribution is 2.35. The third kappa shape index (κ3) is 9.32. The third-order valence-corrected chi connectivity index (χ3v) is 6.91. The van der Waals surface area contributed by atoms with Gasteiger partial charge in [0.2, 0.25) is 5.91 Å². The molecule has 0 aliphatic rings. The van der Waals surface area contributed by atoms with Gasteiger partial charge in [0.1, 0.15) is 6.61 Å². The fourth-order valence-corrected chi connectivity index (χ4v) is 4.81. The maximum absolute atomic E-state index is 13.0. The van der Waals surface area contributed by atoms with E-state index in [0.29, 0.717) is 52.5 Å². The molecular weight excluding hydrogens is 601 g/mol. The largest absolute Gasteiger partial charge is 0.490 e. The second kappa shape index (κ2) is 14.7. The summed E-state index contributed by atoms with van der Waals surface area (Å²) in [5.41, 5.74) is 4.87. The van der Waals surface area contributed by atoms with Gasteiger partial charge in [-0.15, -0.1) is 17.9 Å². The van der Waals surface area contributed by atoms with Crippen molar-refractivity contribution in [3.63, 3.8) is 0 Å². The number of hydrazone groups is 1. The summed E-state index contributed by atoms with van der Waals surface area (Å²) in [6.45, 7) is 6.44. The predicted molar refractivity (Wildman–Crippen MR) is 164 cm³/mol. The number of benzene rings is 3. The highest BCUT2D eigenvalue weighted by molar-refractivity contribution is 7.13. The molecule has 1 aromatic heterocycles. The van der Waals surface area contributed by atoms with Crippen molar-refractivity contribution in [1.29, 1.82) is 0 Å². The Kier molecular flexibility index (Phi) is 10.8. The summed E-state index contributed by atoms with van der Waals surface area (Å²) >= 11 is 7.16. The van der Waals surface area contributed by atoms with E-state index >= 15 is 0 Å². The number of nitrogens with zero attached hydrogens (tertiary/aromatic N) is 2. The zero-order valence-corrected chi connectivity index (χ0v) is 24.7. The second-order valence-corrected chi connectivity index (χ2v) is 10.5. The number of anilines is 2. The lowest BCUT2D eigenvalue weighted by Crippen LogP contribution is -2.20. The van der Waals surface area contributed by atoms with E-state index < -0.39 is 17.6 Å². The van der Waals surface area contributed by atoms with Crippen molar-refractivity contribution in [2.24, 2.45) is 5.10 Å². The molecule has 2 N–H and O–H groups in total. The fourth-order valence-electron chi connectivity index (χ4n) is 3.95. The molecule has 1 heterocycles. The number of alkyl halides is 3. The molecule has 0 saturated heterocycles. The van der Waals surface area contributed by atoms with Crippen LogP contribution in [0.1, 0.15) is 34.9 Å². The maximum Gasteiger partial charge on any atom is 0.416 e. The molecule has 4 rings (SSSR count). The molecule has 0 saturated carbocycles. The Morgan fingerprint density at radius 2 is 1.93 bits per heavy atom. The Morgan fingerprint density at radius 1 is 1.14 bits per heavy atom. The summed E-state index contributed by atoms with van der Waals surface area (Å²) < 4.78 is 50.9. The number of carbonyl (C=O) groups excluding carboxylic acids is 1. The number of aromatic nitrogens is 1. The molecule has 43 heavy (non-hydrogen) atoms. The van der Waals surface area contributed by atoms with Crippen LogP contribution in [0.2, 0.25) is 5.02 Å². The van der Waals surface area contributed by atoms with Crippen molar-refractivity contribution < 1.29 is 27.4 Å². The summed E-state index contributed by atoms with van der Waals surface area (Å²) in [6, 6.07) is 15.8. The average Bonchev–Trinajstić information content (AvgIpc) is 3.40. The number of amides is 1. The van der Waals surface area contributed by atoms with Crippen LogP contribution in [-0.2, 0) is 30.4 Å². The molecule has 0 radical (unpaired) electrons. The standard InChI is InChI=1S/C31H28ClF3N4O3S/c1-3-6-22-13-21(14-27(41-4-2)29(22)42-18-20-9-11-24(32)12-10-20)17-36-39-28(40)16-26-19-43-30(38-26)37-25-8-5-7-23(15-25)31(33,34)35/h3,5,7-15,17,19H,1,4,6,16,18H2,2H3,(H,37,38)(H,39,40)/b36-17-. The van der Waals surface area contributed by atoms with E-state index in [1.165, 1.54) is 29.7 Å². The Morgan fingerprint density at radius 3 is 2.65 bits per heavy atom. The summed E-state index contributed by atoms with van der Waals surface area (Å²) in [4.78, 5) is 16.8.